The third-order valence-electron chi connectivity index (χ3n) is 3.13. The van der Waals surface area contributed by atoms with Crippen molar-refractivity contribution < 1.29 is 31.1 Å². The van der Waals surface area contributed by atoms with E-state index in [1.54, 1.807) is 0 Å². The van der Waals surface area contributed by atoms with Crippen LogP contribution in [0.2, 0.25) is 0 Å². The zero-order valence-corrected chi connectivity index (χ0v) is 13.2. The summed E-state index contributed by atoms with van der Waals surface area (Å²) in [6.45, 7) is -0.634. The largest absolute Gasteiger partial charge is 0.457 e. The quantitative estimate of drug-likeness (QED) is 0.832. The molecule has 5 nitrogen and oxygen atoms in total. The molecule has 0 aliphatic carbocycles. The predicted octanol–water partition coefficient (Wildman–Crippen LogP) is 2.37. The molecular weight excluding hydrogens is 347 g/mol. The highest BCUT2D eigenvalue weighted by Crippen LogP contribution is 2.18. The van der Waals surface area contributed by atoms with E-state index in [0.29, 0.717) is 0 Å². The Hall–Kier alpha value is -2.39. The Bertz CT molecular complexity index is 884. The summed E-state index contributed by atoms with van der Waals surface area (Å²) in [5.41, 5.74) is -0.870. The average Bonchev–Trinajstić information content (AvgIpc) is 2.56. The molecule has 0 bridgehead atoms. The second-order valence-corrected chi connectivity index (χ2v) is 6.52. The van der Waals surface area contributed by atoms with Crippen LogP contribution in [0.4, 0.5) is 13.2 Å². The fourth-order valence-corrected chi connectivity index (χ4v) is 2.58. The van der Waals surface area contributed by atoms with Gasteiger partial charge in [0.05, 0.1) is 10.5 Å². The van der Waals surface area contributed by atoms with E-state index >= 15 is 0 Å². The van der Waals surface area contributed by atoms with E-state index in [-0.39, 0.29) is 10.5 Å². The lowest BCUT2D eigenvalue weighted by Gasteiger charge is -2.09. The molecular formula is C15H12F3NO4S. The van der Waals surface area contributed by atoms with Gasteiger partial charge in [0.2, 0.25) is 10.0 Å². The Labute approximate surface area is 136 Å². The van der Waals surface area contributed by atoms with Crippen LogP contribution < -0.4 is 4.72 Å². The number of hydrogen-bond acceptors (Lipinski definition) is 4. The zero-order chi connectivity index (χ0) is 17.9. The van der Waals surface area contributed by atoms with Crippen LogP contribution in [0.25, 0.3) is 0 Å². The van der Waals surface area contributed by atoms with Crippen LogP contribution in [-0.4, -0.2) is 21.4 Å². The predicted molar refractivity (Wildman–Crippen MR) is 78.1 cm³/mol. The molecule has 0 amide bonds. The Morgan fingerprint density at radius 1 is 1.12 bits per heavy atom. The summed E-state index contributed by atoms with van der Waals surface area (Å²) in [4.78, 5) is 11.6. The molecule has 2 rings (SSSR count). The third-order valence-corrected chi connectivity index (χ3v) is 4.54. The van der Waals surface area contributed by atoms with Crippen molar-refractivity contribution >= 4 is 16.0 Å². The highest BCUT2D eigenvalue weighted by molar-refractivity contribution is 7.89. The minimum Gasteiger partial charge on any atom is -0.457 e. The van der Waals surface area contributed by atoms with Crippen molar-refractivity contribution in [2.45, 2.75) is 11.5 Å². The van der Waals surface area contributed by atoms with Crippen molar-refractivity contribution in [3.05, 3.63) is 65.0 Å². The normalized spacial score (nSPS) is 11.3. The number of esters is 1. The maximum atomic E-state index is 13.7. The number of carbonyl (C=O) groups excluding carboxylic acids is 1. The molecule has 2 aromatic rings. The van der Waals surface area contributed by atoms with Crippen molar-refractivity contribution in [2.75, 3.05) is 7.05 Å². The molecule has 0 aliphatic heterocycles. The number of rotatable bonds is 5. The van der Waals surface area contributed by atoms with E-state index in [9.17, 15) is 26.4 Å². The van der Waals surface area contributed by atoms with Crippen molar-refractivity contribution in [3.63, 3.8) is 0 Å². The second-order valence-electron chi connectivity index (χ2n) is 4.64. The summed E-state index contributed by atoms with van der Waals surface area (Å²) in [5, 5.41) is 0. The van der Waals surface area contributed by atoms with Gasteiger partial charge >= 0.3 is 5.97 Å². The number of sulfonamides is 1. The van der Waals surface area contributed by atoms with Gasteiger partial charge in [-0.15, -0.1) is 0 Å². The van der Waals surface area contributed by atoms with Crippen LogP contribution in [0.3, 0.4) is 0 Å². The fourth-order valence-electron chi connectivity index (χ4n) is 1.83. The van der Waals surface area contributed by atoms with Crippen molar-refractivity contribution in [1.29, 1.82) is 0 Å². The first-order valence-electron chi connectivity index (χ1n) is 6.59. The Morgan fingerprint density at radius 3 is 2.50 bits per heavy atom. The molecule has 0 spiro atoms. The summed E-state index contributed by atoms with van der Waals surface area (Å²) >= 11 is 0. The smallest absolute Gasteiger partial charge is 0.341 e. The lowest BCUT2D eigenvalue weighted by atomic mass is 10.2. The van der Waals surface area contributed by atoms with Crippen LogP contribution in [-0.2, 0) is 21.4 Å². The van der Waals surface area contributed by atoms with Gasteiger partial charge in [-0.2, -0.15) is 0 Å². The van der Waals surface area contributed by atoms with Gasteiger partial charge in [-0.1, -0.05) is 12.1 Å². The summed E-state index contributed by atoms with van der Waals surface area (Å²) < 4.78 is 70.4. The van der Waals surface area contributed by atoms with E-state index in [4.69, 9.17) is 4.74 Å². The van der Waals surface area contributed by atoms with E-state index in [0.717, 1.165) is 31.3 Å². The van der Waals surface area contributed by atoms with Crippen LogP contribution in [0.15, 0.2) is 41.3 Å². The number of halogens is 3. The first-order chi connectivity index (χ1) is 11.3. The van der Waals surface area contributed by atoms with Crippen LogP contribution >= 0.6 is 0 Å². The Balaban J connectivity index is 2.24. The van der Waals surface area contributed by atoms with Gasteiger partial charge in [-0.05, 0) is 31.3 Å². The van der Waals surface area contributed by atoms with E-state index in [1.807, 2.05) is 4.72 Å². The molecule has 9 heteroatoms. The highest BCUT2D eigenvalue weighted by Gasteiger charge is 2.20. The maximum Gasteiger partial charge on any atom is 0.341 e. The van der Waals surface area contributed by atoms with Gasteiger partial charge in [0, 0.05) is 5.56 Å². The fraction of sp³-hybridized carbons (Fsp3) is 0.133. The molecule has 0 aliphatic rings. The number of nitrogens with one attached hydrogen (secondary N) is 1. The molecule has 0 aromatic heterocycles. The monoisotopic (exact) mass is 359 g/mol. The van der Waals surface area contributed by atoms with Gasteiger partial charge in [-0.25, -0.2) is 31.1 Å². The maximum absolute atomic E-state index is 13.7. The van der Waals surface area contributed by atoms with Crippen molar-refractivity contribution in [3.8, 4) is 0 Å². The molecule has 0 saturated carbocycles. The topological polar surface area (TPSA) is 72.5 Å². The number of hydrogen-bond donors (Lipinski definition) is 1. The van der Waals surface area contributed by atoms with Gasteiger partial charge in [0.1, 0.15) is 12.4 Å². The third kappa shape index (κ3) is 3.74. The molecule has 1 N–H and O–H groups in total. The number of benzene rings is 2. The minimum atomic E-state index is -3.88. The molecule has 0 unspecified atom stereocenters. The second kappa shape index (κ2) is 7.02. The van der Waals surface area contributed by atoms with Crippen LogP contribution in [0, 0.1) is 17.5 Å². The molecule has 2 aromatic carbocycles. The molecule has 24 heavy (non-hydrogen) atoms. The molecule has 0 atom stereocenters. The number of carbonyl (C=O) groups is 1. The first kappa shape index (κ1) is 18.0. The molecule has 0 fully saturated rings. The van der Waals surface area contributed by atoms with E-state index in [2.05, 4.69) is 0 Å². The van der Waals surface area contributed by atoms with Crippen molar-refractivity contribution in [1.82, 2.24) is 4.72 Å². The Morgan fingerprint density at radius 2 is 1.83 bits per heavy atom. The van der Waals surface area contributed by atoms with E-state index in [1.165, 1.54) is 12.1 Å². The number of ether oxygens (including phenoxy) is 1. The summed E-state index contributed by atoms with van der Waals surface area (Å²) in [7, 11) is -2.73. The molecule has 0 radical (unpaired) electrons. The van der Waals surface area contributed by atoms with Gasteiger partial charge in [0.15, 0.2) is 11.6 Å². The lowest BCUT2D eigenvalue weighted by Crippen LogP contribution is -2.19. The van der Waals surface area contributed by atoms with Gasteiger partial charge in [-0.3, -0.25) is 0 Å². The zero-order valence-electron chi connectivity index (χ0n) is 12.3. The SMILES string of the molecule is CNS(=O)(=O)c1ccc(F)c(C(=O)OCc2cccc(F)c2F)c1. The summed E-state index contributed by atoms with van der Waals surface area (Å²) in [5.74, 6) is -4.51. The minimum absolute atomic E-state index is 0.234. The Kier molecular flexibility index (Phi) is 5.25. The standard InChI is InChI=1S/C15H12F3NO4S/c1-19-24(21,22)10-5-6-12(16)11(7-10)15(20)23-8-9-3-2-4-13(17)14(9)18/h2-7,19H,8H2,1H3. The first-order valence-corrected chi connectivity index (χ1v) is 8.07. The van der Waals surface area contributed by atoms with Gasteiger partial charge < -0.3 is 4.74 Å². The molecule has 0 heterocycles. The molecule has 128 valence electrons. The summed E-state index contributed by atoms with van der Waals surface area (Å²) in [6.07, 6.45) is 0. The average molecular weight is 359 g/mol. The highest BCUT2D eigenvalue weighted by atomic mass is 32.2. The molecule has 0 saturated heterocycles. The summed E-state index contributed by atoms with van der Waals surface area (Å²) in [6, 6.07) is 5.89. The van der Waals surface area contributed by atoms with Crippen LogP contribution in [0.1, 0.15) is 15.9 Å². The van der Waals surface area contributed by atoms with Crippen molar-refractivity contribution in [2.24, 2.45) is 0 Å². The lowest BCUT2D eigenvalue weighted by molar-refractivity contribution is 0.0462. The van der Waals surface area contributed by atoms with Crippen LogP contribution in [0.5, 0.6) is 0 Å². The van der Waals surface area contributed by atoms with Gasteiger partial charge in [0.25, 0.3) is 0 Å². The van der Waals surface area contributed by atoms with E-state index < -0.39 is 45.6 Å².